The third kappa shape index (κ3) is 3.79. The number of halogens is 1. The van der Waals surface area contributed by atoms with Gasteiger partial charge in [-0.2, -0.15) is 0 Å². The van der Waals surface area contributed by atoms with E-state index in [1.807, 2.05) is 40.1 Å². The molecule has 1 unspecified atom stereocenters. The van der Waals surface area contributed by atoms with Gasteiger partial charge < -0.3 is 10.6 Å². The lowest BCUT2D eigenvalue weighted by molar-refractivity contribution is -0.384. The van der Waals surface area contributed by atoms with Crippen molar-refractivity contribution in [2.24, 2.45) is 5.73 Å². The van der Waals surface area contributed by atoms with E-state index in [2.05, 4.69) is 0 Å². The van der Waals surface area contributed by atoms with Crippen molar-refractivity contribution in [2.45, 2.75) is 6.04 Å². The van der Waals surface area contributed by atoms with Gasteiger partial charge in [0.25, 0.3) is 5.69 Å². The number of rotatable bonds is 5. The van der Waals surface area contributed by atoms with Gasteiger partial charge in [0.05, 0.1) is 4.92 Å². The Morgan fingerprint density at radius 1 is 1.12 bits per heavy atom. The number of nitro benzene ring substituents is 1. The van der Waals surface area contributed by atoms with Gasteiger partial charge in [-0.05, 0) is 17.7 Å². The Balaban J connectivity index is 1.77. The molecule has 26 heavy (non-hydrogen) atoms. The van der Waals surface area contributed by atoms with Crippen molar-refractivity contribution in [2.75, 3.05) is 31.1 Å². The third-order valence-electron chi connectivity index (χ3n) is 4.54. The molecular formula is C18H19ClN4O3. The second kappa shape index (κ2) is 7.72. The number of nitrogens with zero attached hydrogens (tertiary/aromatic N) is 3. The van der Waals surface area contributed by atoms with Gasteiger partial charge in [0.1, 0.15) is 11.7 Å². The third-order valence-corrected chi connectivity index (χ3v) is 4.77. The lowest BCUT2D eigenvalue weighted by Gasteiger charge is -2.39. The molecule has 0 radical (unpaired) electrons. The molecule has 3 rings (SSSR count). The molecule has 0 bridgehead atoms. The van der Waals surface area contributed by atoms with Crippen LogP contribution in [0.15, 0.2) is 48.5 Å². The van der Waals surface area contributed by atoms with Crippen molar-refractivity contribution >= 4 is 28.9 Å². The molecule has 0 aromatic heterocycles. The molecule has 1 aliphatic rings. The lowest BCUT2D eigenvalue weighted by Crippen LogP contribution is -2.50. The molecule has 7 nitrogen and oxygen atoms in total. The Labute approximate surface area is 156 Å². The summed E-state index contributed by atoms with van der Waals surface area (Å²) in [6.45, 7) is 2.25. The van der Waals surface area contributed by atoms with Crippen LogP contribution in [0.25, 0.3) is 0 Å². The number of carbonyl (C=O) groups excluding carboxylic acids is 1. The second-order valence-corrected chi connectivity index (χ2v) is 6.57. The van der Waals surface area contributed by atoms with Crippen molar-refractivity contribution in [3.63, 3.8) is 0 Å². The first-order valence-electron chi connectivity index (χ1n) is 8.24. The van der Waals surface area contributed by atoms with Gasteiger partial charge in [-0.15, -0.1) is 0 Å². The van der Waals surface area contributed by atoms with Crippen LogP contribution >= 0.6 is 11.6 Å². The second-order valence-electron chi connectivity index (χ2n) is 6.13. The maximum atomic E-state index is 12.0. The summed E-state index contributed by atoms with van der Waals surface area (Å²) < 4.78 is 0. The highest BCUT2D eigenvalue weighted by Crippen LogP contribution is 2.32. The molecule has 2 aromatic rings. The number of hydrogen-bond donors (Lipinski definition) is 1. The van der Waals surface area contributed by atoms with Crippen LogP contribution in [0.5, 0.6) is 0 Å². The zero-order valence-corrected chi connectivity index (χ0v) is 14.8. The summed E-state index contributed by atoms with van der Waals surface area (Å²) in [6.07, 6.45) is 0. The number of benzene rings is 2. The van der Waals surface area contributed by atoms with Crippen molar-refractivity contribution in [3.05, 3.63) is 69.2 Å². The van der Waals surface area contributed by atoms with Crippen LogP contribution < -0.4 is 10.6 Å². The Hall–Kier alpha value is -2.64. The maximum absolute atomic E-state index is 12.0. The van der Waals surface area contributed by atoms with Gasteiger partial charge in [-0.1, -0.05) is 41.9 Å². The molecule has 1 atom stereocenters. The standard InChI is InChI=1S/C18H19ClN4O3/c19-14-6-7-15(16(12-14)23(25)26)21-8-10-22(11-9-21)17(18(20)24)13-4-2-1-3-5-13/h1-7,12,17H,8-11H2,(H2,20,24). The molecule has 1 amide bonds. The van der Waals surface area contributed by atoms with Crippen molar-refractivity contribution in [1.82, 2.24) is 4.90 Å². The summed E-state index contributed by atoms with van der Waals surface area (Å²) >= 11 is 5.88. The quantitative estimate of drug-likeness (QED) is 0.641. The summed E-state index contributed by atoms with van der Waals surface area (Å²) in [7, 11) is 0. The number of nitro groups is 1. The molecule has 0 aliphatic carbocycles. The fraction of sp³-hybridized carbons (Fsp3) is 0.278. The van der Waals surface area contributed by atoms with Crippen LogP contribution in [0.4, 0.5) is 11.4 Å². The van der Waals surface area contributed by atoms with E-state index in [1.54, 1.807) is 12.1 Å². The summed E-state index contributed by atoms with van der Waals surface area (Å²) in [5, 5.41) is 11.6. The van der Waals surface area contributed by atoms with Crippen LogP contribution in [0.2, 0.25) is 5.02 Å². The number of carbonyl (C=O) groups is 1. The van der Waals surface area contributed by atoms with Crippen LogP contribution in [0, 0.1) is 10.1 Å². The molecule has 1 saturated heterocycles. The van der Waals surface area contributed by atoms with Crippen molar-refractivity contribution < 1.29 is 9.72 Å². The van der Waals surface area contributed by atoms with Gasteiger partial charge in [-0.25, -0.2) is 0 Å². The van der Waals surface area contributed by atoms with E-state index in [1.165, 1.54) is 6.07 Å². The zero-order valence-electron chi connectivity index (χ0n) is 14.0. The largest absolute Gasteiger partial charge is 0.368 e. The molecular weight excluding hydrogens is 356 g/mol. The van der Waals surface area contributed by atoms with Crippen LogP contribution in [0.1, 0.15) is 11.6 Å². The highest BCUT2D eigenvalue weighted by molar-refractivity contribution is 6.30. The van der Waals surface area contributed by atoms with Gasteiger partial charge in [-0.3, -0.25) is 19.8 Å². The Bertz CT molecular complexity index is 807. The molecule has 1 fully saturated rings. The van der Waals surface area contributed by atoms with Crippen LogP contribution in [-0.4, -0.2) is 41.9 Å². The van der Waals surface area contributed by atoms with Crippen LogP contribution in [-0.2, 0) is 4.79 Å². The number of nitrogens with two attached hydrogens (primary N) is 1. The van der Waals surface area contributed by atoms with Crippen molar-refractivity contribution in [3.8, 4) is 0 Å². The Kier molecular flexibility index (Phi) is 5.39. The molecule has 2 aromatic carbocycles. The molecule has 0 saturated carbocycles. The molecule has 8 heteroatoms. The first-order valence-corrected chi connectivity index (χ1v) is 8.62. The van der Waals surface area contributed by atoms with Crippen molar-refractivity contribution in [1.29, 1.82) is 0 Å². The van der Waals surface area contributed by atoms with E-state index in [9.17, 15) is 14.9 Å². The molecule has 2 N–H and O–H groups in total. The topological polar surface area (TPSA) is 92.7 Å². The molecule has 0 spiro atoms. The minimum atomic E-state index is -0.501. The summed E-state index contributed by atoms with van der Waals surface area (Å²) in [5.74, 6) is -0.401. The maximum Gasteiger partial charge on any atom is 0.294 e. The number of hydrogen-bond acceptors (Lipinski definition) is 5. The van der Waals surface area contributed by atoms with Gasteiger partial charge in [0, 0.05) is 37.3 Å². The average molecular weight is 375 g/mol. The van der Waals surface area contributed by atoms with Gasteiger partial charge in [0.2, 0.25) is 5.91 Å². The number of amides is 1. The monoisotopic (exact) mass is 374 g/mol. The summed E-state index contributed by atoms with van der Waals surface area (Å²) in [6, 6.07) is 13.6. The fourth-order valence-corrected chi connectivity index (χ4v) is 3.49. The number of anilines is 1. The lowest BCUT2D eigenvalue weighted by atomic mass is 10.0. The predicted octanol–water partition coefficient (Wildman–Crippen LogP) is 2.60. The normalized spacial score (nSPS) is 16.3. The van der Waals surface area contributed by atoms with E-state index in [0.29, 0.717) is 36.9 Å². The van der Waals surface area contributed by atoms with E-state index in [0.717, 1.165) is 5.56 Å². The smallest absolute Gasteiger partial charge is 0.294 e. The van der Waals surface area contributed by atoms with E-state index >= 15 is 0 Å². The Morgan fingerprint density at radius 3 is 2.35 bits per heavy atom. The summed E-state index contributed by atoms with van der Waals surface area (Å²) in [4.78, 5) is 26.8. The van der Waals surface area contributed by atoms with Gasteiger partial charge in [0.15, 0.2) is 0 Å². The van der Waals surface area contributed by atoms with E-state index in [4.69, 9.17) is 17.3 Å². The molecule has 1 heterocycles. The minimum Gasteiger partial charge on any atom is -0.368 e. The van der Waals surface area contributed by atoms with E-state index in [-0.39, 0.29) is 5.69 Å². The minimum absolute atomic E-state index is 0.0135. The average Bonchev–Trinajstić information content (AvgIpc) is 2.63. The van der Waals surface area contributed by atoms with Gasteiger partial charge >= 0.3 is 0 Å². The predicted molar refractivity (Wildman–Crippen MR) is 100 cm³/mol. The number of piperazine rings is 1. The molecule has 1 aliphatic heterocycles. The number of primary amides is 1. The molecule has 136 valence electrons. The zero-order chi connectivity index (χ0) is 18.7. The Morgan fingerprint density at radius 2 is 1.77 bits per heavy atom. The SMILES string of the molecule is NC(=O)C(c1ccccc1)N1CCN(c2ccc(Cl)cc2[N+](=O)[O-])CC1. The highest BCUT2D eigenvalue weighted by Gasteiger charge is 2.30. The first-order chi connectivity index (χ1) is 12.5. The highest BCUT2D eigenvalue weighted by atomic mass is 35.5. The van der Waals surface area contributed by atoms with E-state index < -0.39 is 16.9 Å². The fourth-order valence-electron chi connectivity index (χ4n) is 3.32. The summed E-state index contributed by atoms with van der Waals surface area (Å²) in [5.41, 5.74) is 7.00. The van der Waals surface area contributed by atoms with Crippen LogP contribution in [0.3, 0.4) is 0 Å². The first kappa shape index (κ1) is 18.2.